The average Bonchev–Trinajstić information content (AvgIpc) is 3.28. The first-order valence-corrected chi connectivity index (χ1v) is 33.1. The Morgan fingerprint density at radius 1 is 0.425 bits per heavy atom. The van der Waals surface area contributed by atoms with E-state index in [1.54, 1.807) is 0 Å². The Labute approximate surface area is 515 Å². The van der Waals surface area contributed by atoms with Gasteiger partial charge < -0.3 is 46.6 Å². The van der Waals surface area contributed by atoms with Gasteiger partial charge in [0.15, 0.2) is 0 Å². The van der Waals surface area contributed by atoms with Crippen molar-refractivity contribution >= 4 is 0 Å². The Balaban J connectivity index is -0.0000000730. The summed E-state index contributed by atoms with van der Waals surface area (Å²) in [6.07, 6.45) is 12.1. The van der Waals surface area contributed by atoms with Gasteiger partial charge in [0.1, 0.15) is 0 Å². The van der Waals surface area contributed by atoms with Crippen LogP contribution in [-0.2, 0) is 0 Å². The van der Waals surface area contributed by atoms with Crippen molar-refractivity contribution in [2.45, 2.75) is 289 Å². The minimum atomic E-state index is 0. The first kappa shape index (κ1) is 105. The van der Waals surface area contributed by atoms with Crippen molar-refractivity contribution in [3.8, 4) is 0 Å². The molecule has 2 atom stereocenters. The van der Waals surface area contributed by atoms with Crippen LogP contribution in [0.4, 0.5) is 0 Å². The SMILES string of the molecule is CC(C)C(C)(C)N.CC(C)C(C)(C)N(C)C.CC(C)C(C)N(C)C.CC(C)CCCN(C)C.CC(C)CCN.CC(C)CCN(C)C.CC(C)CN(C)C.CCC(C)C.CCCCCC(C)C.CNC(C)C(C)C.CNCC(C)C. The molecule has 2 unspecified atom stereocenters. The van der Waals surface area contributed by atoms with Gasteiger partial charge in [0.05, 0.1) is 0 Å². The molecule has 9 nitrogen and oxygen atoms in total. The summed E-state index contributed by atoms with van der Waals surface area (Å²) in [5.74, 6) is 8.67. The maximum Gasteiger partial charge on any atom is 0.0170 e. The van der Waals surface area contributed by atoms with Gasteiger partial charge in [0.25, 0.3) is 0 Å². The van der Waals surface area contributed by atoms with Crippen LogP contribution >= 0.6 is 0 Å². The monoisotopic (exact) mass is 1150 g/mol. The Morgan fingerprint density at radius 2 is 0.787 bits per heavy atom. The predicted octanol–water partition coefficient (Wildman–Crippen LogP) is 18.1. The van der Waals surface area contributed by atoms with Crippen molar-refractivity contribution < 1.29 is 0 Å². The Morgan fingerprint density at radius 3 is 0.875 bits per heavy atom. The number of hydrogen-bond acceptors (Lipinski definition) is 9. The third kappa shape index (κ3) is 128. The van der Waals surface area contributed by atoms with Crippen LogP contribution in [0, 0.1) is 65.1 Å². The van der Waals surface area contributed by atoms with Crippen LogP contribution < -0.4 is 22.1 Å². The summed E-state index contributed by atoms with van der Waals surface area (Å²) in [6.45, 7) is 72.0. The van der Waals surface area contributed by atoms with Crippen molar-refractivity contribution in [2.24, 2.45) is 76.6 Å². The summed E-state index contributed by atoms with van der Waals surface area (Å²) in [4.78, 5) is 11.2. The molecule has 0 saturated carbocycles. The highest BCUT2D eigenvalue weighted by Gasteiger charge is 2.23. The van der Waals surface area contributed by atoms with Crippen LogP contribution in [0.3, 0.4) is 0 Å². The molecule has 502 valence electrons. The standard InChI is InChI=1S/2C8H19N.C8H18.2C7H17N.3C6H15N.2C5H13N.C5H12/c1-7(2)8(3,4)9(5)6;1-8(2)6-5-7-9(3)4;1-4-5-6-7-8(2)3;1-7(2)5-6-8(3)4;1-6(2)7(3)8(4)5;1-6(2)5-7(3)4;1-5(2)6(3)7-4;1-5(2)6(3,4)7;1-5(2)4-6-3;1-5(2)3-4-6;1-4-5(2)3/h7H,1-6H3;8H,5-7H2,1-4H3;8H,4-7H2,1-3H3;7H,5-6H2,1-4H3;6-7H,1-5H3;6H,5H2,1-4H3;5-7H,1-4H3;5H,7H2,1-4H3;5-6H,4H2,1-3H3;5H,3-4,6H2,1-2H3;5H,4H2,1-3H3. The van der Waals surface area contributed by atoms with Crippen LogP contribution in [0.1, 0.15) is 265 Å². The first-order valence-electron chi connectivity index (χ1n) is 33.1. The fourth-order valence-electron chi connectivity index (χ4n) is 5.05. The smallest absolute Gasteiger partial charge is 0.0170 e. The van der Waals surface area contributed by atoms with E-state index in [1.165, 1.54) is 71.0 Å². The van der Waals surface area contributed by atoms with E-state index >= 15 is 0 Å². The van der Waals surface area contributed by atoms with Crippen molar-refractivity contribution in [1.82, 2.24) is 35.1 Å². The molecule has 80 heavy (non-hydrogen) atoms. The lowest BCUT2D eigenvalue weighted by molar-refractivity contribution is 0.136. The van der Waals surface area contributed by atoms with Gasteiger partial charge >= 0.3 is 0 Å². The summed E-state index contributed by atoms with van der Waals surface area (Å²) in [6, 6.07) is 1.36. The molecule has 0 aliphatic heterocycles. The topological polar surface area (TPSA) is 92.3 Å². The number of rotatable bonds is 25. The number of hydrogen-bond donors (Lipinski definition) is 4. The Kier molecular flexibility index (Phi) is 92.9. The van der Waals surface area contributed by atoms with E-state index in [0.29, 0.717) is 29.5 Å². The van der Waals surface area contributed by atoms with Gasteiger partial charge in [-0.25, -0.2) is 0 Å². The van der Waals surface area contributed by atoms with E-state index in [4.69, 9.17) is 11.5 Å². The second kappa shape index (κ2) is 71.1. The Hall–Kier alpha value is -0.360. The Bertz CT molecular complexity index is 988. The van der Waals surface area contributed by atoms with Crippen molar-refractivity contribution in [2.75, 3.05) is 117 Å². The van der Waals surface area contributed by atoms with Crippen LogP contribution in [0.5, 0.6) is 0 Å². The van der Waals surface area contributed by atoms with Crippen molar-refractivity contribution in [3.63, 3.8) is 0 Å². The summed E-state index contributed by atoms with van der Waals surface area (Å²) in [7, 11) is 25.1. The van der Waals surface area contributed by atoms with E-state index < -0.39 is 0 Å². The molecule has 0 saturated heterocycles. The number of nitrogens with zero attached hydrogens (tertiary/aromatic N) is 5. The molecule has 9 heteroatoms. The first-order chi connectivity index (χ1) is 36.0. The number of unbranched alkanes of at least 4 members (excludes halogenated alkanes) is 2. The molecule has 0 heterocycles. The molecular formula is C71H173N9. The highest BCUT2D eigenvalue weighted by atomic mass is 15.1. The van der Waals surface area contributed by atoms with Gasteiger partial charge in [-0.3, -0.25) is 0 Å². The minimum absolute atomic E-state index is 0. The fourth-order valence-corrected chi connectivity index (χ4v) is 5.05. The van der Waals surface area contributed by atoms with Crippen LogP contribution in [0.25, 0.3) is 0 Å². The number of nitrogens with one attached hydrogen (secondary N) is 2. The molecule has 0 aromatic carbocycles. The minimum Gasteiger partial charge on any atom is -0.330 e. The van der Waals surface area contributed by atoms with Gasteiger partial charge in [0, 0.05) is 23.2 Å². The van der Waals surface area contributed by atoms with Crippen LogP contribution in [0.2, 0.25) is 0 Å². The largest absolute Gasteiger partial charge is 0.330 e. The average molecular weight is 1150 g/mol. The molecule has 0 spiro atoms. The van der Waals surface area contributed by atoms with E-state index in [2.05, 4.69) is 299 Å². The lowest BCUT2D eigenvalue weighted by Gasteiger charge is -2.36. The summed E-state index contributed by atoms with van der Waals surface area (Å²) in [5, 5.41) is 6.23. The highest BCUT2D eigenvalue weighted by Crippen LogP contribution is 2.20. The van der Waals surface area contributed by atoms with Gasteiger partial charge in [-0.15, -0.1) is 0 Å². The van der Waals surface area contributed by atoms with Crippen molar-refractivity contribution in [3.05, 3.63) is 0 Å². The zero-order valence-electron chi connectivity index (χ0n) is 64.8. The molecule has 0 aliphatic carbocycles. The third-order valence-electron chi connectivity index (χ3n) is 14.1. The summed E-state index contributed by atoms with van der Waals surface area (Å²) >= 11 is 0. The summed E-state index contributed by atoms with van der Waals surface area (Å²) < 4.78 is 0. The van der Waals surface area contributed by atoms with E-state index in [-0.39, 0.29) is 5.54 Å². The third-order valence-corrected chi connectivity index (χ3v) is 14.1. The lowest BCUT2D eigenvalue weighted by atomic mass is 9.90. The zero-order valence-corrected chi connectivity index (χ0v) is 64.8. The summed E-state index contributed by atoms with van der Waals surface area (Å²) in [5.41, 5.74) is 11.2. The van der Waals surface area contributed by atoms with Crippen LogP contribution in [0.15, 0.2) is 0 Å². The number of nitrogens with two attached hydrogens (primary N) is 2. The predicted molar refractivity (Wildman–Crippen MR) is 382 cm³/mol. The van der Waals surface area contributed by atoms with E-state index in [1.807, 2.05) is 27.9 Å². The second-order valence-corrected chi connectivity index (χ2v) is 29.5. The van der Waals surface area contributed by atoms with Gasteiger partial charge in [0.2, 0.25) is 0 Å². The highest BCUT2D eigenvalue weighted by molar-refractivity contribution is 4.80. The van der Waals surface area contributed by atoms with Crippen LogP contribution in [-0.4, -0.2) is 165 Å². The molecule has 0 aromatic heterocycles. The maximum atomic E-state index is 5.68. The van der Waals surface area contributed by atoms with E-state index in [0.717, 1.165) is 72.8 Å². The fraction of sp³-hybridized carbons (Fsp3) is 1.00. The molecule has 0 fully saturated rings. The lowest BCUT2D eigenvalue weighted by Crippen LogP contribution is -2.42. The molecule has 0 amide bonds. The molecule has 0 radical (unpaired) electrons. The zero-order chi connectivity index (χ0) is 66.7. The van der Waals surface area contributed by atoms with Gasteiger partial charge in [-0.2, -0.15) is 0 Å². The molecule has 6 N–H and O–H groups in total. The molecule has 0 bridgehead atoms. The van der Waals surface area contributed by atoms with E-state index in [9.17, 15) is 0 Å². The molecular weight excluding hydrogens is 979 g/mol. The molecule has 0 aromatic rings. The normalized spacial score (nSPS) is 12.0. The van der Waals surface area contributed by atoms with Gasteiger partial charge in [-0.1, -0.05) is 198 Å². The maximum absolute atomic E-state index is 5.68. The quantitative estimate of drug-likeness (QED) is 0.0667. The van der Waals surface area contributed by atoms with Gasteiger partial charge in [-0.05, 0) is 250 Å². The molecule has 0 rings (SSSR count). The van der Waals surface area contributed by atoms with Crippen molar-refractivity contribution in [1.29, 1.82) is 0 Å². The molecule has 0 aliphatic rings. The second-order valence-electron chi connectivity index (χ2n) is 29.5.